The molecule has 0 aromatic carbocycles. The lowest BCUT2D eigenvalue weighted by atomic mass is 10.1. The fourth-order valence-electron chi connectivity index (χ4n) is 5.12. The maximum absolute atomic E-state index is 13.7. The van der Waals surface area contributed by atoms with Crippen molar-refractivity contribution < 1.29 is 9.21 Å². The second-order valence-electron chi connectivity index (χ2n) is 9.59. The number of hydrogen-bond donors (Lipinski definition) is 1. The van der Waals surface area contributed by atoms with Gasteiger partial charge in [-0.05, 0) is 76.0 Å². The maximum atomic E-state index is 13.7. The molecule has 180 valence electrons. The van der Waals surface area contributed by atoms with Gasteiger partial charge in [-0.2, -0.15) is 9.78 Å². The Hall–Kier alpha value is -3.52. The number of fused-ring (bicyclic) bond motifs is 1. The molecule has 1 aliphatic heterocycles. The van der Waals surface area contributed by atoms with Crippen LogP contribution in [0.3, 0.4) is 0 Å². The molecular formula is C27H30N6O2. The summed E-state index contributed by atoms with van der Waals surface area (Å²) in [5, 5.41) is 8.72. The number of piperidine rings is 1. The van der Waals surface area contributed by atoms with Crippen molar-refractivity contribution in [3.63, 3.8) is 0 Å². The van der Waals surface area contributed by atoms with E-state index in [1.54, 1.807) is 17.1 Å². The normalized spacial score (nSPS) is 17.5. The average molecular weight is 471 g/mol. The first-order valence-corrected chi connectivity index (χ1v) is 12.6. The topological polar surface area (TPSA) is 89.1 Å². The second kappa shape index (κ2) is 9.26. The van der Waals surface area contributed by atoms with E-state index in [2.05, 4.69) is 15.2 Å². The van der Waals surface area contributed by atoms with E-state index in [0.717, 1.165) is 48.5 Å². The summed E-state index contributed by atoms with van der Waals surface area (Å²) >= 11 is 0. The maximum Gasteiger partial charge on any atom is 0.252 e. The summed E-state index contributed by atoms with van der Waals surface area (Å²) in [7, 11) is 0. The zero-order chi connectivity index (χ0) is 23.8. The number of hydrogen-bond acceptors (Lipinski definition) is 6. The van der Waals surface area contributed by atoms with Crippen LogP contribution in [0.5, 0.6) is 0 Å². The lowest BCUT2D eigenvalue weighted by Crippen LogP contribution is -2.40. The van der Waals surface area contributed by atoms with E-state index < -0.39 is 0 Å². The van der Waals surface area contributed by atoms with Crippen molar-refractivity contribution in [3.8, 4) is 5.82 Å². The van der Waals surface area contributed by atoms with Gasteiger partial charge in [-0.1, -0.05) is 12.5 Å². The van der Waals surface area contributed by atoms with Crippen LogP contribution in [-0.4, -0.2) is 50.2 Å². The molecule has 1 amide bonds. The molecule has 0 spiro atoms. The predicted octanol–water partition coefficient (Wildman–Crippen LogP) is 4.55. The number of pyridine rings is 2. The molecule has 6 rings (SSSR count). The minimum Gasteiger partial charge on any atom is -0.468 e. The molecule has 8 heteroatoms. The lowest BCUT2D eigenvalue weighted by Gasteiger charge is -2.33. The number of likely N-dealkylation sites (tertiary alicyclic amines) is 1. The number of carbonyl (C=O) groups is 1. The van der Waals surface area contributed by atoms with Gasteiger partial charge in [-0.15, -0.1) is 0 Å². The Morgan fingerprint density at radius 1 is 1.17 bits per heavy atom. The van der Waals surface area contributed by atoms with Crippen molar-refractivity contribution >= 4 is 16.9 Å². The minimum atomic E-state index is -0.100. The predicted molar refractivity (Wildman–Crippen MR) is 133 cm³/mol. The fraction of sp³-hybridized carbons (Fsp3) is 0.407. The molecule has 35 heavy (non-hydrogen) atoms. The van der Waals surface area contributed by atoms with Crippen molar-refractivity contribution in [1.29, 1.82) is 0 Å². The molecule has 1 aliphatic carbocycles. The van der Waals surface area contributed by atoms with Crippen molar-refractivity contribution in [1.82, 2.24) is 30.0 Å². The number of carbonyl (C=O) groups excluding carboxylic acids is 1. The van der Waals surface area contributed by atoms with Crippen LogP contribution in [0.25, 0.3) is 16.9 Å². The standard InChI is InChI=1S/C27H30N6O2/c1-18-25-20(27(34)29-17-22(23-8-7-15-35-23)32-13-5-2-6-14-32)16-21(19-10-11-19)30-26(25)33(31-18)24-9-3-4-12-28-24/h3-4,7-9,12,15-16,19,22H,2,5-6,10-11,13-14,17H2,1H3,(H,29,34). The highest BCUT2D eigenvalue weighted by Gasteiger charge is 2.30. The van der Waals surface area contributed by atoms with Gasteiger partial charge in [0, 0.05) is 24.4 Å². The Kier molecular flexibility index (Phi) is 5.82. The molecule has 4 aromatic rings. The molecule has 5 heterocycles. The molecule has 2 aliphatic rings. The lowest BCUT2D eigenvalue weighted by molar-refractivity contribution is 0.0915. The molecule has 0 bridgehead atoms. The summed E-state index contributed by atoms with van der Waals surface area (Å²) in [5.41, 5.74) is 3.05. The molecule has 1 atom stereocenters. The van der Waals surface area contributed by atoms with Crippen molar-refractivity contribution in [2.45, 2.75) is 51.0 Å². The van der Waals surface area contributed by atoms with E-state index in [0.29, 0.717) is 29.5 Å². The summed E-state index contributed by atoms with van der Waals surface area (Å²) in [6.45, 7) is 4.45. The quantitative estimate of drug-likeness (QED) is 0.426. The van der Waals surface area contributed by atoms with Crippen LogP contribution in [0.4, 0.5) is 0 Å². The fourth-order valence-corrected chi connectivity index (χ4v) is 5.12. The Bertz CT molecular complexity index is 1320. The van der Waals surface area contributed by atoms with Crippen molar-refractivity contribution in [3.05, 3.63) is 71.6 Å². The largest absolute Gasteiger partial charge is 0.468 e. The van der Waals surface area contributed by atoms with E-state index in [1.165, 1.54) is 19.3 Å². The molecule has 1 unspecified atom stereocenters. The third-order valence-corrected chi connectivity index (χ3v) is 7.10. The van der Waals surface area contributed by atoms with Crippen molar-refractivity contribution in [2.75, 3.05) is 19.6 Å². The van der Waals surface area contributed by atoms with Gasteiger partial charge in [-0.3, -0.25) is 9.69 Å². The van der Waals surface area contributed by atoms with Crippen LogP contribution >= 0.6 is 0 Å². The van der Waals surface area contributed by atoms with Crippen LogP contribution in [0.2, 0.25) is 0 Å². The number of nitrogens with one attached hydrogen (secondary N) is 1. The van der Waals surface area contributed by atoms with E-state index in [4.69, 9.17) is 14.5 Å². The molecule has 8 nitrogen and oxygen atoms in total. The molecule has 1 N–H and O–H groups in total. The summed E-state index contributed by atoms with van der Waals surface area (Å²) < 4.78 is 7.52. The number of aromatic nitrogens is 4. The Morgan fingerprint density at radius 2 is 2.03 bits per heavy atom. The van der Waals surface area contributed by atoms with Crippen LogP contribution in [0.15, 0.2) is 53.3 Å². The second-order valence-corrected chi connectivity index (χ2v) is 9.59. The smallest absolute Gasteiger partial charge is 0.252 e. The van der Waals surface area contributed by atoms with Gasteiger partial charge in [0.05, 0.1) is 28.9 Å². The summed E-state index contributed by atoms with van der Waals surface area (Å²) in [6, 6.07) is 11.6. The summed E-state index contributed by atoms with van der Waals surface area (Å²) in [4.78, 5) is 25.5. The van der Waals surface area contributed by atoms with E-state index in [9.17, 15) is 4.79 Å². The van der Waals surface area contributed by atoms with Crippen LogP contribution in [0, 0.1) is 6.92 Å². The van der Waals surface area contributed by atoms with Gasteiger partial charge in [-0.25, -0.2) is 9.97 Å². The first kappa shape index (κ1) is 22.0. The monoisotopic (exact) mass is 470 g/mol. The average Bonchev–Trinajstić information content (AvgIpc) is 3.51. The van der Waals surface area contributed by atoms with Crippen LogP contribution in [0.1, 0.15) is 71.6 Å². The highest BCUT2D eigenvalue weighted by molar-refractivity contribution is 6.06. The Labute approximate surface area is 204 Å². The zero-order valence-electron chi connectivity index (χ0n) is 20.0. The third kappa shape index (κ3) is 4.34. The molecule has 1 saturated carbocycles. The summed E-state index contributed by atoms with van der Waals surface area (Å²) in [6.07, 6.45) is 9.26. The Morgan fingerprint density at radius 3 is 2.74 bits per heavy atom. The number of rotatable bonds is 7. The molecular weight excluding hydrogens is 440 g/mol. The van der Waals surface area contributed by atoms with E-state index in [-0.39, 0.29) is 11.9 Å². The highest BCUT2D eigenvalue weighted by atomic mass is 16.3. The third-order valence-electron chi connectivity index (χ3n) is 7.10. The number of aryl methyl sites for hydroxylation is 1. The van der Waals surface area contributed by atoms with Crippen LogP contribution < -0.4 is 5.32 Å². The van der Waals surface area contributed by atoms with E-state index >= 15 is 0 Å². The first-order valence-electron chi connectivity index (χ1n) is 12.6. The van der Waals surface area contributed by atoms with Gasteiger partial charge in [0.25, 0.3) is 5.91 Å². The highest BCUT2D eigenvalue weighted by Crippen LogP contribution is 2.40. The minimum absolute atomic E-state index is 0.0202. The van der Waals surface area contributed by atoms with Gasteiger partial charge in [0.15, 0.2) is 11.5 Å². The van der Waals surface area contributed by atoms with Gasteiger partial charge in [0.1, 0.15) is 5.76 Å². The van der Waals surface area contributed by atoms with Gasteiger partial charge in [0.2, 0.25) is 0 Å². The number of amides is 1. The Balaban J connectivity index is 1.34. The SMILES string of the molecule is Cc1nn(-c2ccccn2)c2nc(C3CC3)cc(C(=O)NCC(c3ccco3)N3CCCCC3)c12. The molecule has 2 fully saturated rings. The van der Waals surface area contributed by atoms with Gasteiger partial charge < -0.3 is 9.73 Å². The first-order chi connectivity index (χ1) is 17.2. The number of furan rings is 1. The molecule has 1 saturated heterocycles. The van der Waals surface area contributed by atoms with E-state index in [1.807, 2.05) is 43.3 Å². The van der Waals surface area contributed by atoms with Gasteiger partial charge >= 0.3 is 0 Å². The molecule has 4 aromatic heterocycles. The molecule has 0 radical (unpaired) electrons. The van der Waals surface area contributed by atoms with Crippen LogP contribution in [-0.2, 0) is 0 Å². The van der Waals surface area contributed by atoms with Crippen molar-refractivity contribution in [2.24, 2.45) is 0 Å². The number of nitrogens with zero attached hydrogens (tertiary/aromatic N) is 5. The zero-order valence-corrected chi connectivity index (χ0v) is 20.0. The summed E-state index contributed by atoms with van der Waals surface area (Å²) in [5.74, 6) is 1.89.